The van der Waals surface area contributed by atoms with E-state index in [4.69, 9.17) is 17.3 Å². The van der Waals surface area contributed by atoms with Crippen molar-refractivity contribution in [3.05, 3.63) is 81.1 Å². The fourth-order valence-corrected chi connectivity index (χ4v) is 4.24. The largest absolute Gasteiger partial charge is 0.435 e. The number of primary amides is 1. The van der Waals surface area contributed by atoms with E-state index >= 15 is 0 Å². The number of aromatic nitrogens is 2. The summed E-state index contributed by atoms with van der Waals surface area (Å²) in [6.45, 7) is 4.60. The van der Waals surface area contributed by atoms with Crippen LogP contribution in [0.15, 0.2) is 42.5 Å². The molecule has 0 radical (unpaired) electrons. The van der Waals surface area contributed by atoms with Gasteiger partial charge in [0.15, 0.2) is 5.69 Å². The molecule has 0 spiro atoms. The van der Waals surface area contributed by atoms with Gasteiger partial charge in [0.1, 0.15) is 5.69 Å². The van der Waals surface area contributed by atoms with Crippen molar-refractivity contribution in [3.63, 3.8) is 0 Å². The second-order valence-electron chi connectivity index (χ2n) is 8.65. The highest BCUT2D eigenvalue weighted by molar-refractivity contribution is 6.35. The Morgan fingerprint density at radius 2 is 1.74 bits per heavy atom. The number of rotatable bonds is 7. The van der Waals surface area contributed by atoms with E-state index in [1.165, 1.54) is 41.3 Å². The Morgan fingerprint density at radius 1 is 1.08 bits per heavy atom. The molecule has 13 heteroatoms. The van der Waals surface area contributed by atoms with E-state index in [0.717, 1.165) is 0 Å². The molecule has 1 heterocycles. The van der Waals surface area contributed by atoms with E-state index in [2.05, 4.69) is 5.10 Å². The molecule has 2 aromatic carbocycles. The number of nitrogens with zero attached hydrogens (tertiary/aromatic N) is 3. The van der Waals surface area contributed by atoms with Gasteiger partial charge in [0, 0.05) is 17.8 Å². The summed E-state index contributed by atoms with van der Waals surface area (Å²) in [7, 11) is 0. The number of nitrogens with two attached hydrogens (primary N) is 1. The summed E-state index contributed by atoms with van der Waals surface area (Å²) < 4.78 is 79.5. The van der Waals surface area contributed by atoms with Gasteiger partial charge in [0.25, 0.3) is 11.8 Å². The van der Waals surface area contributed by atoms with Gasteiger partial charge in [-0.05, 0) is 49.6 Å². The molecule has 1 atom stereocenters. The van der Waals surface area contributed by atoms with Crippen molar-refractivity contribution in [1.29, 1.82) is 0 Å². The molecule has 3 rings (SSSR count). The minimum absolute atomic E-state index is 0.00237. The number of amides is 2. The second-order valence-corrected chi connectivity index (χ2v) is 9.06. The van der Waals surface area contributed by atoms with Crippen LogP contribution in [-0.2, 0) is 18.9 Å². The summed E-state index contributed by atoms with van der Waals surface area (Å²) in [5.74, 6) is -1.47. The van der Waals surface area contributed by atoms with E-state index in [1.54, 1.807) is 13.8 Å². The van der Waals surface area contributed by atoms with Crippen LogP contribution >= 0.6 is 11.6 Å². The highest BCUT2D eigenvalue weighted by Crippen LogP contribution is 2.36. The Labute approximate surface area is 219 Å². The Hall–Kier alpha value is -3.54. The average Bonchev–Trinajstić information content (AvgIpc) is 3.25. The van der Waals surface area contributed by atoms with Gasteiger partial charge >= 0.3 is 12.4 Å². The maximum Gasteiger partial charge on any atom is 0.435 e. The van der Waals surface area contributed by atoms with E-state index in [-0.39, 0.29) is 38.5 Å². The minimum atomic E-state index is -5.06. The average molecular weight is 561 g/mol. The molecule has 1 aromatic heterocycles. The third kappa shape index (κ3) is 5.95. The molecule has 0 saturated carbocycles. The van der Waals surface area contributed by atoms with Crippen LogP contribution in [0.2, 0.25) is 5.02 Å². The van der Waals surface area contributed by atoms with Crippen LogP contribution in [0.1, 0.15) is 63.5 Å². The summed E-state index contributed by atoms with van der Waals surface area (Å²) in [6.07, 6.45) is -9.60. The standard InChI is InChI=1S/C25H23ClF6N4O2/c1-4-14(3)36(23(38)16-6-5-7-17(26)21(16)22(33)37)18-9-8-15(10-13(18)2)12-35-20(25(30,31)32)11-19(34-35)24(27,28)29/h5-11,14H,4,12H2,1-3H3,(H2,33,37). The van der Waals surface area contributed by atoms with Gasteiger partial charge in [0.05, 0.1) is 22.7 Å². The number of aryl methyl sites for hydroxylation is 1. The number of benzene rings is 2. The van der Waals surface area contributed by atoms with Gasteiger partial charge < -0.3 is 10.6 Å². The van der Waals surface area contributed by atoms with Gasteiger partial charge in [-0.15, -0.1) is 0 Å². The lowest BCUT2D eigenvalue weighted by molar-refractivity contribution is -0.144. The van der Waals surface area contributed by atoms with E-state index in [9.17, 15) is 35.9 Å². The first-order valence-electron chi connectivity index (χ1n) is 11.3. The smallest absolute Gasteiger partial charge is 0.366 e. The highest BCUT2D eigenvalue weighted by atomic mass is 35.5. The molecule has 0 fully saturated rings. The fourth-order valence-electron chi connectivity index (χ4n) is 3.98. The van der Waals surface area contributed by atoms with Crippen LogP contribution in [0.25, 0.3) is 0 Å². The van der Waals surface area contributed by atoms with Gasteiger partial charge in [-0.2, -0.15) is 31.4 Å². The molecular formula is C25H23ClF6N4O2. The zero-order valence-electron chi connectivity index (χ0n) is 20.4. The first-order chi connectivity index (χ1) is 17.6. The molecule has 38 heavy (non-hydrogen) atoms. The number of hydrogen-bond donors (Lipinski definition) is 1. The van der Waals surface area contributed by atoms with Crippen molar-refractivity contribution in [2.75, 3.05) is 4.90 Å². The normalized spacial score (nSPS) is 12.9. The van der Waals surface area contributed by atoms with Crippen LogP contribution < -0.4 is 10.6 Å². The molecule has 3 aromatic rings. The van der Waals surface area contributed by atoms with E-state index in [1.807, 2.05) is 6.92 Å². The van der Waals surface area contributed by atoms with Crippen LogP contribution in [0.4, 0.5) is 32.0 Å². The molecule has 0 aliphatic heterocycles. The first kappa shape index (κ1) is 29.0. The number of carbonyl (C=O) groups is 2. The van der Waals surface area contributed by atoms with Crippen LogP contribution in [0, 0.1) is 6.92 Å². The maximum atomic E-state index is 13.6. The molecule has 6 nitrogen and oxygen atoms in total. The predicted octanol–water partition coefficient (Wildman–Crippen LogP) is 6.48. The molecule has 0 bridgehead atoms. The third-order valence-corrected chi connectivity index (χ3v) is 6.27. The number of carbonyl (C=O) groups excluding carboxylic acids is 2. The van der Waals surface area contributed by atoms with Crippen molar-refractivity contribution < 1.29 is 35.9 Å². The van der Waals surface area contributed by atoms with Crippen molar-refractivity contribution in [1.82, 2.24) is 9.78 Å². The molecule has 0 aliphatic carbocycles. The number of alkyl halides is 6. The number of hydrogen-bond acceptors (Lipinski definition) is 3. The van der Waals surface area contributed by atoms with Gasteiger partial charge in [0.2, 0.25) is 0 Å². The molecule has 0 saturated heterocycles. The molecule has 1 unspecified atom stereocenters. The van der Waals surface area contributed by atoms with E-state index < -0.39 is 42.1 Å². The van der Waals surface area contributed by atoms with Crippen molar-refractivity contribution in [2.24, 2.45) is 5.73 Å². The minimum Gasteiger partial charge on any atom is -0.366 e. The summed E-state index contributed by atoms with van der Waals surface area (Å²) >= 11 is 6.11. The monoisotopic (exact) mass is 560 g/mol. The summed E-state index contributed by atoms with van der Waals surface area (Å²) in [5.41, 5.74) is 3.14. The SMILES string of the molecule is CCC(C)N(C(=O)c1cccc(Cl)c1C(N)=O)c1ccc(Cn2nc(C(F)(F)F)cc2C(F)(F)F)cc1C. The zero-order chi connectivity index (χ0) is 28.6. The molecule has 2 amide bonds. The summed E-state index contributed by atoms with van der Waals surface area (Å²) in [6, 6.07) is 8.22. The zero-order valence-corrected chi connectivity index (χ0v) is 21.2. The molecule has 0 aliphatic rings. The summed E-state index contributed by atoms with van der Waals surface area (Å²) in [4.78, 5) is 27.0. The lowest BCUT2D eigenvalue weighted by atomic mass is 10.0. The topological polar surface area (TPSA) is 81.2 Å². The van der Waals surface area contributed by atoms with Gasteiger partial charge in [-0.1, -0.05) is 36.7 Å². The van der Waals surface area contributed by atoms with Gasteiger partial charge in [-0.25, -0.2) is 0 Å². The fraction of sp³-hybridized carbons (Fsp3) is 0.320. The van der Waals surface area contributed by atoms with Crippen molar-refractivity contribution in [3.8, 4) is 0 Å². The number of halogens is 7. The molecule has 204 valence electrons. The Balaban J connectivity index is 2.04. The van der Waals surface area contributed by atoms with Crippen molar-refractivity contribution in [2.45, 2.75) is 52.1 Å². The second kappa shape index (κ2) is 10.7. The Kier molecular flexibility index (Phi) is 8.16. The van der Waals surface area contributed by atoms with Crippen LogP contribution in [0.3, 0.4) is 0 Å². The van der Waals surface area contributed by atoms with E-state index in [0.29, 0.717) is 17.7 Å². The molecule has 2 N–H and O–H groups in total. The van der Waals surface area contributed by atoms with Gasteiger partial charge in [-0.3, -0.25) is 14.3 Å². The Bertz CT molecular complexity index is 1370. The maximum absolute atomic E-state index is 13.6. The lowest BCUT2D eigenvalue weighted by Gasteiger charge is -2.31. The van der Waals surface area contributed by atoms with Crippen LogP contribution in [-0.4, -0.2) is 27.6 Å². The first-order valence-corrected chi connectivity index (χ1v) is 11.7. The highest BCUT2D eigenvalue weighted by Gasteiger charge is 2.42. The summed E-state index contributed by atoms with van der Waals surface area (Å²) in [5, 5.41) is 3.12. The lowest BCUT2D eigenvalue weighted by Crippen LogP contribution is -2.40. The van der Waals surface area contributed by atoms with Crippen molar-refractivity contribution >= 4 is 29.1 Å². The molecular weight excluding hydrogens is 538 g/mol. The number of anilines is 1. The quantitative estimate of drug-likeness (QED) is 0.336. The Morgan fingerprint density at radius 3 is 2.26 bits per heavy atom. The predicted molar refractivity (Wildman–Crippen MR) is 129 cm³/mol. The third-order valence-electron chi connectivity index (χ3n) is 5.95. The van der Waals surface area contributed by atoms with Crippen LogP contribution in [0.5, 0.6) is 0 Å².